The number of rotatable bonds is 9. The largest absolute Gasteiger partial charge is 0.497 e. The van der Waals surface area contributed by atoms with Crippen LogP contribution < -0.4 is 14.8 Å². The molecule has 0 fully saturated rings. The maximum atomic E-state index is 12.4. The molecule has 3 rings (SSSR count). The maximum Gasteiger partial charge on any atom is 0.240 e. The second kappa shape index (κ2) is 10.3. The summed E-state index contributed by atoms with van der Waals surface area (Å²) < 4.78 is 12.6. The minimum absolute atomic E-state index is 0.0789. The van der Waals surface area contributed by atoms with E-state index in [1.54, 1.807) is 11.7 Å². The van der Waals surface area contributed by atoms with E-state index >= 15 is 0 Å². The molecule has 1 aromatic heterocycles. The van der Waals surface area contributed by atoms with Gasteiger partial charge in [-0.2, -0.15) is 5.10 Å². The van der Waals surface area contributed by atoms with E-state index in [0.29, 0.717) is 23.6 Å². The molecule has 7 nitrogen and oxygen atoms in total. The van der Waals surface area contributed by atoms with Crippen LogP contribution in [0.4, 0.5) is 0 Å². The van der Waals surface area contributed by atoms with Gasteiger partial charge < -0.3 is 14.8 Å². The van der Waals surface area contributed by atoms with E-state index in [1.165, 1.54) is 0 Å². The van der Waals surface area contributed by atoms with Crippen LogP contribution in [0, 0.1) is 17.1 Å². The fraction of sp³-hybridized carbons (Fsp3) is 0.227. The molecule has 0 aliphatic heterocycles. The predicted molar refractivity (Wildman–Crippen MR) is 117 cm³/mol. The number of nitrogens with one attached hydrogen (secondary N) is 2. The van der Waals surface area contributed by atoms with Gasteiger partial charge in [0.25, 0.3) is 0 Å². The van der Waals surface area contributed by atoms with Crippen molar-refractivity contribution in [1.29, 1.82) is 0 Å². The van der Waals surface area contributed by atoms with Gasteiger partial charge in [0.1, 0.15) is 24.7 Å². The molecule has 1 heterocycles. The van der Waals surface area contributed by atoms with E-state index in [2.05, 4.69) is 21.4 Å². The lowest BCUT2D eigenvalue weighted by Crippen LogP contribution is -2.29. The van der Waals surface area contributed by atoms with Gasteiger partial charge in [-0.1, -0.05) is 18.1 Å². The number of nitrogens with zero attached hydrogens (tertiary/aromatic N) is 2. The first-order valence-electron chi connectivity index (χ1n) is 9.32. The number of ether oxygens (including phenoxy) is 2. The number of hydrogen-bond donors (Lipinski definition) is 2. The molecule has 2 N–H and O–H groups in total. The summed E-state index contributed by atoms with van der Waals surface area (Å²) in [6.07, 6.45) is 5.88. The molecule has 0 aliphatic rings. The first kappa shape index (κ1) is 21.1. The third-order valence-corrected chi connectivity index (χ3v) is 4.70. The van der Waals surface area contributed by atoms with Gasteiger partial charge in [-0.15, -0.1) is 6.42 Å². The fourth-order valence-corrected chi connectivity index (χ4v) is 3.04. The molecule has 0 aliphatic carbocycles. The zero-order valence-corrected chi connectivity index (χ0v) is 17.4. The number of benzene rings is 2. The van der Waals surface area contributed by atoms with Gasteiger partial charge in [0.05, 0.1) is 7.11 Å². The Bertz CT molecular complexity index is 1080. The second-order valence-corrected chi connectivity index (χ2v) is 6.79. The smallest absolute Gasteiger partial charge is 0.240 e. The molecule has 0 spiro atoms. The number of aromatic nitrogens is 3. The first-order chi connectivity index (χ1) is 14.6. The van der Waals surface area contributed by atoms with E-state index in [0.717, 1.165) is 22.6 Å². The van der Waals surface area contributed by atoms with Crippen LogP contribution in [0.25, 0.3) is 11.4 Å². The van der Waals surface area contributed by atoms with E-state index in [9.17, 15) is 4.79 Å². The summed E-state index contributed by atoms with van der Waals surface area (Å²) in [5.74, 6) is 4.35. The average Bonchev–Trinajstić information content (AvgIpc) is 3.13. The normalized spacial score (nSPS) is 10.3. The minimum Gasteiger partial charge on any atom is -0.497 e. The number of H-pyrrole nitrogens is 1. The highest BCUT2D eigenvalue weighted by atomic mass is 32.1. The zero-order chi connectivity index (χ0) is 21.3. The Hall–Kier alpha value is -3.57. The highest BCUT2D eigenvalue weighted by Gasteiger charge is 2.12. The van der Waals surface area contributed by atoms with Gasteiger partial charge in [0.2, 0.25) is 5.91 Å². The van der Waals surface area contributed by atoms with Crippen molar-refractivity contribution in [2.45, 2.75) is 13.0 Å². The number of methoxy groups -OCH3 is 1. The molecule has 0 saturated carbocycles. The van der Waals surface area contributed by atoms with Gasteiger partial charge in [-0.05, 0) is 60.6 Å². The Morgan fingerprint density at radius 2 is 1.90 bits per heavy atom. The minimum atomic E-state index is -0.142. The van der Waals surface area contributed by atoms with Crippen LogP contribution in [0.1, 0.15) is 5.56 Å². The predicted octanol–water partition coefficient (Wildman–Crippen LogP) is 2.99. The third kappa shape index (κ3) is 5.49. The highest BCUT2D eigenvalue weighted by Crippen LogP contribution is 2.20. The number of terminal acetylenes is 1. The Morgan fingerprint density at radius 3 is 2.57 bits per heavy atom. The average molecular weight is 423 g/mol. The van der Waals surface area contributed by atoms with Crippen molar-refractivity contribution in [1.82, 2.24) is 20.1 Å². The number of aromatic amines is 1. The summed E-state index contributed by atoms with van der Waals surface area (Å²) >= 11 is 5.29. The van der Waals surface area contributed by atoms with E-state index in [-0.39, 0.29) is 19.1 Å². The van der Waals surface area contributed by atoms with Crippen LogP contribution in [-0.4, -0.2) is 40.9 Å². The molecule has 0 unspecified atom stereocenters. The molecule has 0 atom stereocenters. The topological polar surface area (TPSA) is 81.2 Å². The maximum absolute atomic E-state index is 12.4. The number of carbonyl (C=O) groups excluding carboxylic acids is 1. The summed E-state index contributed by atoms with van der Waals surface area (Å²) in [6, 6.07) is 15.0. The molecule has 8 heteroatoms. The molecular weight excluding hydrogens is 400 g/mol. The molecule has 0 radical (unpaired) electrons. The van der Waals surface area contributed by atoms with E-state index < -0.39 is 0 Å². The third-order valence-electron chi connectivity index (χ3n) is 4.39. The van der Waals surface area contributed by atoms with Crippen molar-refractivity contribution >= 4 is 18.1 Å². The van der Waals surface area contributed by atoms with Crippen LogP contribution in [0.2, 0.25) is 0 Å². The molecule has 0 bridgehead atoms. The second-order valence-electron chi connectivity index (χ2n) is 6.40. The molecular formula is C22H22N4O3S. The quantitative estimate of drug-likeness (QED) is 0.409. The van der Waals surface area contributed by atoms with Crippen molar-refractivity contribution in [2.75, 3.05) is 20.3 Å². The monoisotopic (exact) mass is 422 g/mol. The van der Waals surface area contributed by atoms with Crippen LogP contribution in [0.5, 0.6) is 11.5 Å². The molecule has 154 valence electrons. The van der Waals surface area contributed by atoms with Gasteiger partial charge in [-0.25, -0.2) is 0 Å². The standard InChI is InChI=1S/C22H22N4O3S/c1-3-14-29-19-8-4-16(5-9-19)12-13-23-20(27)15-26-21(24-25-22(26)30)17-6-10-18(28-2)11-7-17/h1,4-11H,12-15H2,2H3,(H,23,27)(H,25,30). The number of carbonyl (C=O) groups is 1. The van der Waals surface area contributed by atoms with E-state index in [4.69, 9.17) is 28.1 Å². The van der Waals surface area contributed by atoms with Crippen LogP contribution in [0.3, 0.4) is 0 Å². The van der Waals surface area contributed by atoms with Gasteiger partial charge in [-0.3, -0.25) is 14.5 Å². The Morgan fingerprint density at radius 1 is 1.20 bits per heavy atom. The van der Waals surface area contributed by atoms with Crippen molar-refractivity contribution in [3.63, 3.8) is 0 Å². The van der Waals surface area contributed by atoms with Crippen LogP contribution in [0.15, 0.2) is 48.5 Å². The van der Waals surface area contributed by atoms with Crippen molar-refractivity contribution in [2.24, 2.45) is 0 Å². The lowest BCUT2D eigenvalue weighted by molar-refractivity contribution is -0.121. The summed E-state index contributed by atoms with van der Waals surface area (Å²) in [7, 11) is 1.61. The first-order valence-corrected chi connectivity index (χ1v) is 9.73. The van der Waals surface area contributed by atoms with E-state index in [1.807, 2.05) is 48.5 Å². The number of hydrogen-bond acceptors (Lipinski definition) is 5. The fourth-order valence-electron chi connectivity index (χ4n) is 2.85. The Balaban J connectivity index is 1.56. The molecule has 2 aromatic carbocycles. The molecule has 3 aromatic rings. The summed E-state index contributed by atoms with van der Waals surface area (Å²) in [6.45, 7) is 0.826. The van der Waals surface area contributed by atoms with Crippen molar-refractivity contribution in [3.8, 4) is 35.2 Å². The van der Waals surface area contributed by atoms with Crippen molar-refractivity contribution in [3.05, 3.63) is 58.9 Å². The summed E-state index contributed by atoms with van der Waals surface area (Å²) in [5, 5.41) is 9.92. The molecule has 30 heavy (non-hydrogen) atoms. The highest BCUT2D eigenvalue weighted by molar-refractivity contribution is 7.71. The van der Waals surface area contributed by atoms with Gasteiger partial charge in [0.15, 0.2) is 10.6 Å². The van der Waals surface area contributed by atoms with Crippen LogP contribution in [-0.2, 0) is 17.8 Å². The summed E-state index contributed by atoms with van der Waals surface area (Å²) in [4.78, 5) is 12.4. The number of amides is 1. The van der Waals surface area contributed by atoms with Crippen molar-refractivity contribution < 1.29 is 14.3 Å². The lowest BCUT2D eigenvalue weighted by Gasteiger charge is -2.09. The SMILES string of the molecule is C#CCOc1ccc(CCNC(=O)Cn2c(-c3ccc(OC)cc3)n[nH]c2=S)cc1. The van der Waals surface area contributed by atoms with Crippen LogP contribution >= 0.6 is 12.2 Å². The summed E-state index contributed by atoms with van der Waals surface area (Å²) in [5.41, 5.74) is 1.92. The van der Waals surface area contributed by atoms with Gasteiger partial charge in [0, 0.05) is 12.1 Å². The van der Waals surface area contributed by atoms with Gasteiger partial charge >= 0.3 is 0 Å². The zero-order valence-electron chi connectivity index (χ0n) is 16.6. The molecule has 1 amide bonds. The lowest BCUT2D eigenvalue weighted by atomic mass is 10.1. The molecule has 0 saturated heterocycles. The Kier molecular flexibility index (Phi) is 7.24. The Labute approximate surface area is 180 Å².